The van der Waals surface area contributed by atoms with Gasteiger partial charge in [0.25, 0.3) is 0 Å². The highest BCUT2D eigenvalue weighted by molar-refractivity contribution is 6.45. The van der Waals surface area contributed by atoms with Crippen molar-refractivity contribution in [2.45, 2.75) is 52.4 Å². The lowest BCUT2D eigenvalue weighted by Gasteiger charge is -2.23. The van der Waals surface area contributed by atoms with Crippen molar-refractivity contribution in [3.05, 3.63) is 145 Å². The molecular formula is C50H40N2. The Balaban J connectivity index is 1.44. The number of nitrogens with zero attached hydrogens (tertiary/aromatic N) is 2. The number of hydrogen-bond donors (Lipinski definition) is 0. The van der Waals surface area contributed by atoms with Crippen LogP contribution in [0.3, 0.4) is 0 Å². The third kappa shape index (κ3) is 3.64. The molecule has 0 N–H and O–H groups in total. The second-order valence-electron chi connectivity index (χ2n) is 16.9. The first kappa shape index (κ1) is 29.8. The lowest BCUT2D eigenvalue weighted by atomic mass is 9.81. The molecule has 0 bridgehead atoms. The molecule has 4 heterocycles. The van der Waals surface area contributed by atoms with Gasteiger partial charge in [-0.25, -0.2) is 0 Å². The highest BCUT2D eigenvalue weighted by atomic mass is 14.9. The molecule has 11 aromatic rings. The van der Waals surface area contributed by atoms with Crippen LogP contribution in [0.1, 0.15) is 52.7 Å². The van der Waals surface area contributed by atoms with Crippen molar-refractivity contribution in [2.75, 3.05) is 0 Å². The number of hydrogen-bond acceptors (Lipinski definition) is 0. The summed E-state index contributed by atoms with van der Waals surface area (Å²) < 4.78 is 5.23. The van der Waals surface area contributed by atoms with Crippen LogP contribution in [-0.2, 0) is 10.8 Å². The molecule has 0 aliphatic rings. The van der Waals surface area contributed by atoms with Crippen LogP contribution in [0.25, 0.3) is 98.4 Å². The van der Waals surface area contributed by atoms with Crippen LogP contribution in [0, 0.1) is 0 Å². The van der Waals surface area contributed by atoms with Gasteiger partial charge < -0.3 is 8.80 Å². The predicted molar refractivity (Wildman–Crippen MR) is 224 cm³/mol. The van der Waals surface area contributed by atoms with Gasteiger partial charge in [0.05, 0.1) is 33.1 Å². The van der Waals surface area contributed by atoms with E-state index in [1.165, 1.54) is 110 Å². The number of aromatic nitrogens is 2. The molecule has 0 aliphatic heterocycles. The van der Waals surface area contributed by atoms with Gasteiger partial charge >= 0.3 is 0 Å². The van der Waals surface area contributed by atoms with E-state index in [9.17, 15) is 0 Å². The van der Waals surface area contributed by atoms with E-state index in [0.29, 0.717) is 0 Å². The number of rotatable bonds is 2. The van der Waals surface area contributed by atoms with Crippen LogP contribution in [0.2, 0.25) is 0 Å². The van der Waals surface area contributed by atoms with Crippen molar-refractivity contribution in [2.24, 2.45) is 0 Å². The summed E-state index contributed by atoms with van der Waals surface area (Å²) >= 11 is 0. The minimum atomic E-state index is 0.000564. The number of fused-ring (bicyclic) bond motifs is 14. The van der Waals surface area contributed by atoms with Crippen molar-refractivity contribution in [1.82, 2.24) is 8.80 Å². The van der Waals surface area contributed by atoms with E-state index in [2.05, 4.69) is 184 Å². The van der Waals surface area contributed by atoms with E-state index in [-0.39, 0.29) is 10.8 Å². The Kier molecular flexibility index (Phi) is 5.69. The molecule has 2 nitrogen and oxygen atoms in total. The van der Waals surface area contributed by atoms with Crippen molar-refractivity contribution >= 4 is 76.2 Å². The molecule has 0 saturated carbocycles. The SMILES string of the molecule is CC(C)(C)c1ccccc1-c1cccc2c3c4c5ccccc5n5c6c(-c7ccccc7C(C)(C)C)cccc6c(c6c7ccccc7n(c12)c63)c45. The zero-order valence-corrected chi connectivity index (χ0v) is 30.6. The summed E-state index contributed by atoms with van der Waals surface area (Å²) in [6.07, 6.45) is 0. The van der Waals surface area contributed by atoms with E-state index in [0.717, 1.165) is 0 Å². The fourth-order valence-electron chi connectivity index (χ4n) is 9.84. The van der Waals surface area contributed by atoms with Crippen molar-refractivity contribution < 1.29 is 0 Å². The van der Waals surface area contributed by atoms with Crippen LogP contribution in [0.15, 0.2) is 133 Å². The summed E-state index contributed by atoms with van der Waals surface area (Å²) in [4.78, 5) is 0. The molecule has 0 aliphatic carbocycles. The van der Waals surface area contributed by atoms with E-state index in [4.69, 9.17) is 0 Å². The quantitative estimate of drug-likeness (QED) is 0.173. The van der Waals surface area contributed by atoms with Gasteiger partial charge in [-0.15, -0.1) is 0 Å². The highest BCUT2D eigenvalue weighted by Gasteiger charge is 2.31. The molecule has 52 heavy (non-hydrogen) atoms. The van der Waals surface area contributed by atoms with Crippen LogP contribution >= 0.6 is 0 Å². The Morgan fingerprint density at radius 1 is 0.308 bits per heavy atom. The summed E-state index contributed by atoms with van der Waals surface area (Å²) in [5.41, 5.74) is 15.7. The Bertz CT molecular complexity index is 3020. The summed E-state index contributed by atoms with van der Waals surface area (Å²) in [7, 11) is 0. The maximum Gasteiger partial charge on any atom is 0.0634 e. The third-order valence-corrected chi connectivity index (χ3v) is 11.8. The maximum atomic E-state index is 2.61. The van der Waals surface area contributed by atoms with Crippen LogP contribution < -0.4 is 0 Å². The van der Waals surface area contributed by atoms with Crippen molar-refractivity contribution in [3.8, 4) is 22.3 Å². The molecule has 2 heteroatoms. The number of benzene rings is 7. The van der Waals surface area contributed by atoms with E-state index >= 15 is 0 Å². The van der Waals surface area contributed by atoms with Gasteiger partial charge in [-0.1, -0.05) is 163 Å². The average Bonchev–Trinajstić information content (AvgIpc) is 3.87. The summed E-state index contributed by atoms with van der Waals surface area (Å²) in [6.45, 7) is 14.0. The maximum absolute atomic E-state index is 2.61. The lowest BCUT2D eigenvalue weighted by Crippen LogP contribution is -2.12. The first-order valence-electron chi connectivity index (χ1n) is 18.6. The zero-order chi connectivity index (χ0) is 35.3. The molecule has 0 spiro atoms. The second kappa shape index (κ2) is 9.92. The summed E-state index contributed by atoms with van der Waals surface area (Å²) in [5.74, 6) is 0. The average molecular weight is 669 g/mol. The lowest BCUT2D eigenvalue weighted by molar-refractivity contribution is 0.592. The van der Waals surface area contributed by atoms with E-state index < -0.39 is 0 Å². The van der Waals surface area contributed by atoms with Gasteiger partial charge in [-0.2, -0.15) is 0 Å². The molecule has 0 fully saturated rings. The molecule has 0 amide bonds. The second-order valence-corrected chi connectivity index (χ2v) is 16.9. The molecule has 11 rings (SSSR count). The Hall–Kier alpha value is -5.86. The number of para-hydroxylation sites is 4. The molecule has 250 valence electrons. The van der Waals surface area contributed by atoms with Gasteiger partial charge in [0.2, 0.25) is 0 Å². The first-order valence-corrected chi connectivity index (χ1v) is 18.6. The van der Waals surface area contributed by atoms with Crippen molar-refractivity contribution in [3.63, 3.8) is 0 Å². The Labute approximate surface area is 303 Å². The van der Waals surface area contributed by atoms with Gasteiger partial charge in [0.15, 0.2) is 0 Å². The van der Waals surface area contributed by atoms with Crippen LogP contribution in [-0.4, -0.2) is 8.80 Å². The molecule has 0 unspecified atom stereocenters. The van der Waals surface area contributed by atoms with Crippen molar-refractivity contribution in [1.29, 1.82) is 0 Å². The Morgan fingerprint density at radius 2 is 0.635 bits per heavy atom. The summed E-state index contributed by atoms with van der Waals surface area (Å²) in [5, 5.41) is 10.7. The largest absolute Gasteiger partial charge is 0.307 e. The van der Waals surface area contributed by atoms with Gasteiger partial charge in [0, 0.05) is 54.2 Å². The van der Waals surface area contributed by atoms with Gasteiger partial charge in [-0.05, 0) is 45.2 Å². The van der Waals surface area contributed by atoms with E-state index in [1.54, 1.807) is 0 Å². The third-order valence-electron chi connectivity index (χ3n) is 11.8. The predicted octanol–water partition coefficient (Wildman–Crippen LogP) is 13.9. The van der Waals surface area contributed by atoms with Gasteiger partial charge in [-0.3, -0.25) is 0 Å². The minimum Gasteiger partial charge on any atom is -0.307 e. The smallest absolute Gasteiger partial charge is 0.0634 e. The van der Waals surface area contributed by atoms with Gasteiger partial charge in [0.1, 0.15) is 0 Å². The standard InChI is InChI=1S/C50H40N2/c1-49(2,3)37-25-11-7-17-29(37)31-21-15-23-35-43-41-34-20-10-14-28-40(34)52-46-32(30-18-8-12-26-38(30)50(4,5)6)22-16-24-36(46)44(48(41)52)42-33-19-9-13-27-39(33)51(45(31)35)47(42)43/h7-28H,1-6H3. The fraction of sp³-hybridized carbons (Fsp3) is 0.160. The molecule has 0 saturated heterocycles. The fourth-order valence-corrected chi connectivity index (χ4v) is 9.84. The van der Waals surface area contributed by atoms with Crippen LogP contribution in [0.5, 0.6) is 0 Å². The topological polar surface area (TPSA) is 8.82 Å². The molecule has 4 aromatic heterocycles. The zero-order valence-electron chi connectivity index (χ0n) is 30.6. The molecule has 0 radical (unpaired) electrons. The summed E-state index contributed by atoms with van der Waals surface area (Å²) in [6, 6.07) is 50.2. The molecular weight excluding hydrogens is 629 g/mol. The molecule has 7 aromatic carbocycles. The highest BCUT2D eigenvalue weighted by Crippen LogP contribution is 2.54. The first-order chi connectivity index (χ1) is 25.1. The van der Waals surface area contributed by atoms with Crippen LogP contribution in [0.4, 0.5) is 0 Å². The normalized spacial score (nSPS) is 13.2. The van der Waals surface area contributed by atoms with E-state index in [1.807, 2.05) is 0 Å². The Morgan fingerprint density at radius 3 is 1.06 bits per heavy atom. The molecule has 0 atom stereocenters. The minimum absolute atomic E-state index is 0.000564. The monoisotopic (exact) mass is 668 g/mol.